The Hall–Kier alpha value is -1.00. The molecular weight excluding hydrogens is 292 g/mol. The Morgan fingerprint density at radius 2 is 2.32 bits per heavy atom. The maximum Gasteiger partial charge on any atom is 0.250 e. The van der Waals surface area contributed by atoms with Crippen molar-refractivity contribution in [2.45, 2.75) is 16.4 Å². The van der Waals surface area contributed by atoms with Gasteiger partial charge in [0.1, 0.15) is 4.21 Å². The smallest absolute Gasteiger partial charge is 0.250 e. The van der Waals surface area contributed by atoms with Gasteiger partial charge in [0.2, 0.25) is 15.9 Å². The molecule has 7 nitrogen and oxygen atoms in total. The minimum absolute atomic E-state index is 0.0445. The monoisotopic (exact) mass is 306 g/mol. The van der Waals surface area contributed by atoms with Crippen LogP contribution in [0.25, 0.3) is 0 Å². The minimum Gasteiger partial charge on any atom is -0.377 e. The van der Waals surface area contributed by atoms with Gasteiger partial charge in [-0.2, -0.15) is 0 Å². The average molecular weight is 306 g/mol. The van der Waals surface area contributed by atoms with Crippen LogP contribution in [0.2, 0.25) is 0 Å². The van der Waals surface area contributed by atoms with Crippen LogP contribution >= 0.6 is 11.3 Å². The van der Waals surface area contributed by atoms with Gasteiger partial charge in [-0.15, -0.1) is 11.3 Å². The summed E-state index contributed by atoms with van der Waals surface area (Å²) in [5.74, 6) is -0.656. The summed E-state index contributed by atoms with van der Waals surface area (Å²) in [6.07, 6.45) is -0.314. The van der Waals surface area contributed by atoms with Crippen LogP contribution in [0.3, 0.4) is 0 Å². The highest BCUT2D eigenvalue weighted by atomic mass is 32.2. The van der Waals surface area contributed by atoms with Crippen LogP contribution in [-0.2, 0) is 19.5 Å². The summed E-state index contributed by atoms with van der Waals surface area (Å²) in [6, 6.07) is 0.821. The van der Waals surface area contributed by atoms with Crippen molar-refractivity contribution in [3.63, 3.8) is 0 Å². The fraction of sp³-hybridized carbons (Fsp3) is 0.500. The van der Waals surface area contributed by atoms with Crippen molar-refractivity contribution < 1.29 is 22.7 Å². The van der Waals surface area contributed by atoms with Crippen molar-refractivity contribution in [2.24, 2.45) is 5.73 Å². The molecule has 0 spiro atoms. The number of rotatable bonds is 5. The van der Waals surface area contributed by atoms with Gasteiger partial charge in [-0.05, 0) is 6.07 Å². The van der Waals surface area contributed by atoms with E-state index in [2.05, 4.69) is 4.72 Å². The number of hydrogen-bond donors (Lipinski definition) is 2. The Labute approximate surface area is 114 Å². The molecule has 0 radical (unpaired) electrons. The number of ether oxygens (including phenoxy) is 2. The van der Waals surface area contributed by atoms with Crippen LogP contribution in [0.4, 0.5) is 0 Å². The molecule has 1 aromatic heterocycles. The Balaban J connectivity index is 2.15. The number of sulfonamides is 1. The normalized spacial score (nSPS) is 23.6. The van der Waals surface area contributed by atoms with E-state index in [9.17, 15) is 13.2 Å². The third kappa shape index (κ3) is 3.12. The predicted octanol–water partition coefficient (Wildman–Crippen LogP) is -0.461. The first kappa shape index (κ1) is 14.4. The molecule has 0 bridgehead atoms. The fourth-order valence-electron chi connectivity index (χ4n) is 1.72. The van der Waals surface area contributed by atoms with Crippen molar-refractivity contribution in [3.05, 3.63) is 17.0 Å². The maximum absolute atomic E-state index is 12.1. The van der Waals surface area contributed by atoms with Crippen molar-refractivity contribution in [3.8, 4) is 0 Å². The van der Waals surface area contributed by atoms with Gasteiger partial charge in [-0.1, -0.05) is 0 Å². The molecule has 0 saturated carbocycles. The highest BCUT2D eigenvalue weighted by Crippen LogP contribution is 2.21. The lowest BCUT2D eigenvalue weighted by Crippen LogP contribution is -2.43. The zero-order chi connectivity index (χ0) is 14.0. The van der Waals surface area contributed by atoms with Crippen molar-refractivity contribution in [1.29, 1.82) is 0 Å². The van der Waals surface area contributed by atoms with E-state index in [1.54, 1.807) is 0 Å². The topological polar surface area (TPSA) is 108 Å². The van der Waals surface area contributed by atoms with Crippen LogP contribution in [0, 0.1) is 0 Å². The SMILES string of the molecule is CO[C@H]1COC[C@@H]1NS(=O)(=O)c1cc(C(N)=O)cs1. The quantitative estimate of drug-likeness (QED) is 0.765. The molecule has 3 N–H and O–H groups in total. The molecule has 0 unspecified atom stereocenters. The molecular formula is C10H14N2O5S2. The lowest BCUT2D eigenvalue weighted by atomic mass is 10.2. The summed E-state index contributed by atoms with van der Waals surface area (Å²) in [5, 5.41) is 1.41. The molecule has 1 saturated heterocycles. The van der Waals surface area contributed by atoms with E-state index in [0.717, 1.165) is 11.3 Å². The zero-order valence-electron chi connectivity index (χ0n) is 10.2. The second-order valence-corrected chi connectivity index (χ2v) is 6.91. The van der Waals surface area contributed by atoms with Crippen molar-refractivity contribution in [2.75, 3.05) is 20.3 Å². The largest absolute Gasteiger partial charge is 0.377 e. The number of carbonyl (C=O) groups is 1. The maximum atomic E-state index is 12.1. The molecule has 1 aromatic rings. The molecule has 106 valence electrons. The van der Waals surface area contributed by atoms with E-state index in [-0.39, 0.29) is 22.5 Å². The number of amides is 1. The Morgan fingerprint density at radius 1 is 1.58 bits per heavy atom. The van der Waals surface area contributed by atoms with E-state index in [1.165, 1.54) is 18.6 Å². The zero-order valence-corrected chi connectivity index (χ0v) is 11.8. The second-order valence-electron chi connectivity index (χ2n) is 4.06. The first-order valence-corrected chi connectivity index (χ1v) is 7.81. The predicted molar refractivity (Wildman–Crippen MR) is 68.6 cm³/mol. The summed E-state index contributed by atoms with van der Waals surface area (Å²) in [5.41, 5.74) is 5.27. The van der Waals surface area contributed by atoms with Crippen LogP contribution in [-0.4, -0.2) is 46.8 Å². The summed E-state index contributed by atoms with van der Waals surface area (Å²) in [6.45, 7) is 0.604. The first-order valence-electron chi connectivity index (χ1n) is 5.45. The number of methoxy groups -OCH3 is 1. The number of thiophene rings is 1. The molecule has 1 aliphatic heterocycles. The standard InChI is InChI=1S/C10H14N2O5S2/c1-16-8-4-17-3-7(8)12-19(14,15)9-2-6(5-18-9)10(11)13/h2,5,7-8,12H,3-4H2,1H3,(H2,11,13)/t7-,8-/m0/s1. The Bertz CT molecular complexity index is 568. The average Bonchev–Trinajstić information content (AvgIpc) is 2.95. The van der Waals surface area contributed by atoms with Gasteiger partial charge in [0, 0.05) is 12.5 Å². The second kappa shape index (κ2) is 5.55. The fourth-order valence-corrected chi connectivity index (χ4v) is 4.16. The molecule has 19 heavy (non-hydrogen) atoms. The molecule has 0 aliphatic carbocycles. The lowest BCUT2D eigenvalue weighted by molar-refractivity contribution is 0.0761. The molecule has 2 rings (SSSR count). The highest BCUT2D eigenvalue weighted by molar-refractivity contribution is 7.91. The number of carbonyl (C=O) groups excluding carboxylic acids is 1. The Kier molecular flexibility index (Phi) is 4.21. The molecule has 2 atom stereocenters. The van der Waals surface area contributed by atoms with E-state index in [1.807, 2.05) is 0 Å². The van der Waals surface area contributed by atoms with Gasteiger partial charge in [-0.25, -0.2) is 13.1 Å². The lowest BCUT2D eigenvalue weighted by Gasteiger charge is -2.16. The summed E-state index contributed by atoms with van der Waals surface area (Å²) >= 11 is 0.944. The summed E-state index contributed by atoms with van der Waals surface area (Å²) in [7, 11) is -2.20. The van der Waals surface area contributed by atoms with Gasteiger partial charge in [0.25, 0.3) is 0 Å². The summed E-state index contributed by atoms with van der Waals surface area (Å²) < 4.78 is 37.1. The molecule has 2 heterocycles. The van der Waals surface area contributed by atoms with Gasteiger partial charge in [-0.3, -0.25) is 4.79 Å². The highest BCUT2D eigenvalue weighted by Gasteiger charge is 2.32. The third-order valence-electron chi connectivity index (χ3n) is 2.76. The Morgan fingerprint density at radius 3 is 2.89 bits per heavy atom. The minimum atomic E-state index is -3.70. The first-order chi connectivity index (χ1) is 8.94. The van der Waals surface area contributed by atoms with Crippen molar-refractivity contribution >= 4 is 27.3 Å². The van der Waals surface area contributed by atoms with Crippen LogP contribution in [0.15, 0.2) is 15.7 Å². The van der Waals surface area contributed by atoms with E-state index in [4.69, 9.17) is 15.2 Å². The van der Waals surface area contributed by atoms with Gasteiger partial charge < -0.3 is 15.2 Å². The van der Waals surface area contributed by atoms with Crippen LogP contribution in [0.1, 0.15) is 10.4 Å². The van der Waals surface area contributed by atoms with E-state index < -0.39 is 22.0 Å². The number of primary amides is 1. The van der Waals surface area contributed by atoms with E-state index >= 15 is 0 Å². The van der Waals surface area contributed by atoms with E-state index in [0.29, 0.717) is 6.61 Å². The molecule has 1 amide bonds. The van der Waals surface area contributed by atoms with Gasteiger partial charge in [0.15, 0.2) is 0 Å². The molecule has 9 heteroatoms. The van der Waals surface area contributed by atoms with Crippen LogP contribution < -0.4 is 10.5 Å². The number of nitrogens with one attached hydrogen (secondary N) is 1. The van der Waals surface area contributed by atoms with Crippen LogP contribution in [0.5, 0.6) is 0 Å². The number of nitrogens with two attached hydrogens (primary N) is 1. The molecule has 1 fully saturated rings. The van der Waals surface area contributed by atoms with Gasteiger partial charge in [0.05, 0.1) is 30.9 Å². The van der Waals surface area contributed by atoms with Gasteiger partial charge >= 0.3 is 0 Å². The molecule has 1 aliphatic rings. The summed E-state index contributed by atoms with van der Waals surface area (Å²) in [4.78, 5) is 11.0. The van der Waals surface area contributed by atoms with Crippen molar-refractivity contribution in [1.82, 2.24) is 4.72 Å². The third-order valence-corrected chi connectivity index (χ3v) is 5.69. The number of hydrogen-bond acceptors (Lipinski definition) is 6. The molecule has 0 aromatic carbocycles.